The maximum Gasteiger partial charge on any atom is 0.305 e. The number of nitrogens with one attached hydrogen (secondary N) is 1. The number of rotatable bonds is 6. The van der Waals surface area contributed by atoms with Crippen molar-refractivity contribution < 1.29 is 9.90 Å². The smallest absolute Gasteiger partial charge is 0.305 e. The van der Waals surface area contributed by atoms with E-state index >= 15 is 0 Å². The van der Waals surface area contributed by atoms with E-state index in [1.54, 1.807) is 16.0 Å². The lowest BCUT2D eigenvalue weighted by Gasteiger charge is -2.21. The maximum atomic E-state index is 11.0. The van der Waals surface area contributed by atoms with Crippen LogP contribution in [0.25, 0.3) is 0 Å². The quantitative estimate of drug-likeness (QED) is 0.859. The third-order valence-corrected chi connectivity index (χ3v) is 4.22. The molecule has 2 heterocycles. The molecule has 0 aromatic carbocycles. The number of carboxylic acid groups (broad SMARTS) is 1. The fourth-order valence-electron chi connectivity index (χ4n) is 2.34. The molecule has 2 unspecified atom stereocenters. The molecule has 0 aliphatic heterocycles. The fraction of sp³-hybridized carbons (Fsp3) is 0.429. The highest BCUT2D eigenvalue weighted by Gasteiger charge is 2.21. The van der Waals surface area contributed by atoms with Gasteiger partial charge in [-0.05, 0) is 25.3 Å². The second kappa shape index (κ2) is 6.19. The average molecular weight is 293 g/mol. The molecule has 6 heteroatoms. The van der Waals surface area contributed by atoms with Crippen LogP contribution in [0.3, 0.4) is 0 Å². The maximum absolute atomic E-state index is 11.0. The van der Waals surface area contributed by atoms with Gasteiger partial charge in [-0.15, -0.1) is 11.3 Å². The Morgan fingerprint density at radius 1 is 1.60 bits per heavy atom. The Labute approximate surface area is 122 Å². The van der Waals surface area contributed by atoms with Crippen LogP contribution in [0.15, 0.2) is 23.7 Å². The van der Waals surface area contributed by atoms with E-state index in [0.29, 0.717) is 0 Å². The van der Waals surface area contributed by atoms with E-state index in [-0.39, 0.29) is 18.5 Å². The highest BCUT2D eigenvalue weighted by Crippen LogP contribution is 2.26. The molecular formula is C14H19N3O2S. The number of carbonyl (C=O) groups is 1. The van der Waals surface area contributed by atoms with Gasteiger partial charge in [0, 0.05) is 29.7 Å². The van der Waals surface area contributed by atoms with Crippen LogP contribution >= 0.6 is 11.3 Å². The number of thiophene rings is 1. The Balaban J connectivity index is 2.15. The van der Waals surface area contributed by atoms with Gasteiger partial charge in [0.05, 0.1) is 18.2 Å². The number of hydrogen-bond acceptors (Lipinski definition) is 4. The molecule has 2 rings (SSSR count). The number of hydrogen-bond donors (Lipinski definition) is 2. The van der Waals surface area contributed by atoms with Gasteiger partial charge in [-0.1, -0.05) is 6.07 Å². The van der Waals surface area contributed by atoms with Crippen LogP contribution in [0.4, 0.5) is 0 Å². The number of aromatic nitrogens is 2. The molecule has 20 heavy (non-hydrogen) atoms. The van der Waals surface area contributed by atoms with Crippen LogP contribution in [0.1, 0.15) is 41.6 Å². The topological polar surface area (TPSA) is 67.2 Å². The van der Waals surface area contributed by atoms with E-state index in [1.807, 2.05) is 44.6 Å². The fourth-order valence-corrected chi connectivity index (χ4v) is 3.13. The van der Waals surface area contributed by atoms with E-state index in [0.717, 1.165) is 16.1 Å². The summed E-state index contributed by atoms with van der Waals surface area (Å²) < 4.78 is 1.78. The van der Waals surface area contributed by atoms with Crippen molar-refractivity contribution in [2.24, 2.45) is 7.05 Å². The van der Waals surface area contributed by atoms with Gasteiger partial charge < -0.3 is 10.4 Å². The molecule has 5 nitrogen and oxygen atoms in total. The van der Waals surface area contributed by atoms with E-state index in [4.69, 9.17) is 5.11 Å². The van der Waals surface area contributed by atoms with Gasteiger partial charge in [0.25, 0.3) is 0 Å². The summed E-state index contributed by atoms with van der Waals surface area (Å²) in [6.45, 7) is 4.00. The first-order valence-corrected chi connectivity index (χ1v) is 7.36. The summed E-state index contributed by atoms with van der Waals surface area (Å²) in [6.07, 6.45) is 2.05. The zero-order chi connectivity index (χ0) is 14.7. The minimum atomic E-state index is -0.800. The van der Waals surface area contributed by atoms with E-state index in [1.165, 1.54) is 0 Å². The summed E-state index contributed by atoms with van der Waals surface area (Å²) in [5.41, 5.74) is 2.06. The van der Waals surface area contributed by atoms with Crippen LogP contribution in [0.5, 0.6) is 0 Å². The molecule has 0 fully saturated rings. The zero-order valence-corrected chi connectivity index (χ0v) is 12.6. The van der Waals surface area contributed by atoms with Gasteiger partial charge in [0.1, 0.15) is 0 Å². The van der Waals surface area contributed by atoms with Gasteiger partial charge >= 0.3 is 5.97 Å². The lowest BCUT2D eigenvalue weighted by molar-refractivity contribution is -0.137. The molecule has 2 N–H and O–H groups in total. The normalized spacial score (nSPS) is 14.2. The Morgan fingerprint density at radius 3 is 2.85 bits per heavy atom. The van der Waals surface area contributed by atoms with Crippen molar-refractivity contribution in [1.29, 1.82) is 0 Å². The lowest BCUT2D eigenvalue weighted by atomic mass is 10.1. The minimum absolute atomic E-state index is 0.0511. The van der Waals surface area contributed by atoms with Crippen molar-refractivity contribution in [1.82, 2.24) is 15.1 Å². The average Bonchev–Trinajstić information content (AvgIpc) is 2.97. The molecule has 0 radical (unpaired) electrons. The number of nitrogens with zero attached hydrogens (tertiary/aromatic N) is 2. The Hall–Kier alpha value is -1.66. The van der Waals surface area contributed by atoms with Crippen molar-refractivity contribution in [2.75, 3.05) is 0 Å². The molecule has 0 saturated heterocycles. The predicted molar refractivity (Wildman–Crippen MR) is 78.8 cm³/mol. The third-order valence-electron chi connectivity index (χ3n) is 3.23. The number of carboxylic acids is 1. The first-order valence-electron chi connectivity index (χ1n) is 6.48. The molecule has 0 aliphatic carbocycles. The molecule has 108 valence electrons. The third kappa shape index (κ3) is 3.46. The molecule has 0 bridgehead atoms. The number of aliphatic carboxylic acids is 1. The van der Waals surface area contributed by atoms with Crippen LogP contribution in [-0.2, 0) is 11.8 Å². The van der Waals surface area contributed by atoms with Crippen molar-refractivity contribution in [2.45, 2.75) is 32.4 Å². The van der Waals surface area contributed by atoms with Gasteiger partial charge in [-0.2, -0.15) is 5.10 Å². The van der Waals surface area contributed by atoms with Gasteiger partial charge in [-0.3, -0.25) is 9.48 Å². The molecular weight excluding hydrogens is 274 g/mol. The van der Waals surface area contributed by atoms with Crippen LogP contribution in [0.2, 0.25) is 0 Å². The first-order chi connectivity index (χ1) is 9.47. The summed E-state index contributed by atoms with van der Waals surface area (Å²) in [5, 5.41) is 18.8. The van der Waals surface area contributed by atoms with E-state index in [9.17, 15) is 4.79 Å². The first kappa shape index (κ1) is 14.7. The van der Waals surface area contributed by atoms with Crippen LogP contribution in [0, 0.1) is 6.92 Å². The molecule has 0 amide bonds. The van der Waals surface area contributed by atoms with E-state index < -0.39 is 5.97 Å². The monoisotopic (exact) mass is 293 g/mol. The van der Waals surface area contributed by atoms with Gasteiger partial charge in [-0.25, -0.2) is 0 Å². The van der Waals surface area contributed by atoms with Crippen molar-refractivity contribution in [3.8, 4) is 0 Å². The molecule has 0 spiro atoms. The summed E-state index contributed by atoms with van der Waals surface area (Å²) >= 11 is 1.57. The van der Waals surface area contributed by atoms with Crippen LogP contribution < -0.4 is 5.32 Å². The minimum Gasteiger partial charge on any atom is -0.481 e. The second-order valence-electron chi connectivity index (χ2n) is 4.90. The summed E-state index contributed by atoms with van der Waals surface area (Å²) in [5.74, 6) is -0.800. The Bertz CT molecular complexity index is 577. The molecule has 0 saturated carbocycles. The highest BCUT2D eigenvalue weighted by molar-refractivity contribution is 7.10. The lowest BCUT2D eigenvalue weighted by Crippen LogP contribution is -2.26. The van der Waals surface area contributed by atoms with Gasteiger partial charge in [0.2, 0.25) is 0 Å². The van der Waals surface area contributed by atoms with Crippen molar-refractivity contribution in [3.05, 3.63) is 39.8 Å². The molecule has 0 aliphatic rings. The molecule has 2 aromatic rings. The predicted octanol–water partition coefficient (Wildman–Crippen LogP) is 2.66. The van der Waals surface area contributed by atoms with E-state index in [2.05, 4.69) is 10.4 Å². The molecule has 2 atom stereocenters. The van der Waals surface area contributed by atoms with Crippen molar-refractivity contribution >= 4 is 17.3 Å². The van der Waals surface area contributed by atoms with Crippen LogP contribution in [-0.4, -0.2) is 20.9 Å². The van der Waals surface area contributed by atoms with Gasteiger partial charge in [0.15, 0.2) is 0 Å². The zero-order valence-electron chi connectivity index (χ0n) is 11.8. The molecule has 2 aromatic heterocycles. The largest absolute Gasteiger partial charge is 0.481 e. The van der Waals surface area contributed by atoms with Crippen molar-refractivity contribution in [3.63, 3.8) is 0 Å². The summed E-state index contributed by atoms with van der Waals surface area (Å²) in [6, 6.07) is 3.78. The Morgan fingerprint density at radius 2 is 2.35 bits per heavy atom. The second-order valence-corrected chi connectivity index (χ2v) is 5.88. The highest BCUT2D eigenvalue weighted by atomic mass is 32.1. The number of aryl methyl sites for hydroxylation is 2. The SMILES string of the molecule is Cc1nn(C)cc1C(C)NC(CC(=O)O)c1cccs1. The Kier molecular flexibility index (Phi) is 4.57. The standard InChI is InChI=1S/C14H19N3O2S/c1-9(11-8-17(3)16-10(11)2)15-12(7-14(18)19)13-5-4-6-20-13/h4-6,8-9,12,15H,7H2,1-3H3,(H,18,19). The summed E-state index contributed by atoms with van der Waals surface area (Å²) in [4.78, 5) is 12.1. The summed E-state index contributed by atoms with van der Waals surface area (Å²) in [7, 11) is 1.89.